The number of sulfonamides is 1. The molecule has 0 amide bonds. The molecule has 0 radical (unpaired) electrons. The number of fused-ring (bicyclic) bond motifs is 1. The van der Waals surface area contributed by atoms with Gasteiger partial charge in [-0.25, -0.2) is 8.42 Å². The van der Waals surface area contributed by atoms with E-state index in [1.807, 2.05) is 12.1 Å². The van der Waals surface area contributed by atoms with Crippen LogP contribution in [0.25, 0.3) is 0 Å². The Kier molecular flexibility index (Phi) is 5.83. The average Bonchev–Trinajstić information content (AvgIpc) is 3.20. The normalized spacial score (nSPS) is 25.1. The van der Waals surface area contributed by atoms with Crippen LogP contribution in [-0.4, -0.2) is 44.3 Å². The van der Waals surface area contributed by atoms with E-state index < -0.39 is 10.0 Å². The van der Waals surface area contributed by atoms with Crippen LogP contribution in [0.4, 0.5) is 0 Å². The lowest BCUT2D eigenvalue weighted by atomic mass is 9.88. The summed E-state index contributed by atoms with van der Waals surface area (Å²) < 4.78 is 27.9. The predicted octanol–water partition coefficient (Wildman–Crippen LogP) is 3.21. The van der Waals surface area contributed by atoms with Crippen LogP contribution in [0, 0.1) is 30.1 Å². The van der Waals surface area contributed by atoms with Crippen molar-refractivity contribution in [3.63, 3.8) is 0 Å². The molecule has 2 fully saturated rings. The van der Waals surface area contributed by atoms with Crippen LogP contribution in [0.1, 0.15) is 22.7 Å². The van der Waals surface area contributed by atoms with Crippen LogP contribution in [-0.2, 0) is 10.0 Å². The molecule has 2 aliphatic rings. The maximum atomic E-state index is 13.1. The lowest BCUT2D eigenvalue weighted by Gasteiger charge is -2.27. The molecule has 2 aromatic rings. The fraction of sp³-hybridized carbons (Fsp3) is 0.381. The number of aryl methyl sites for hydroxylation is 1. The van der Waals surface area contributed by atoms with Crippen LogP contribution in [0.2, 0.25) is 0 Å². The van der Waals surface area contributed by atoms with E-state index in [0.717, 1.165) is 6.54 Å². The minimum atomic E-state index is -3.58. The second-order valence-electron chi connectivity index (χ2n) is 7.63. The van der Waals surface area contributed by atoms with Crippen molar-refractivity contribution in [1.29, 1.82) is 5.26 Å². The molecule has 0 aromatic heterocycles. The molecule has 4 rings (SSSR count). The summed E-state index contributed by atoms with van der Waals surface area (Å²) in [5.41, 5.74) is 2.91. The lowest BCUT2D eigenvalue weighted by molar-refractivity contribution is 0.260. The van der Waals surface area contributed by atoms with Gasteiger partial charge in [0, 0.05) is 25.7 Å². The molecule has 0 aliphatic carbocycles. The third kappa shape index (κ3) is 3.44. The van der Waals surface area contributed by atoms with Crippen molar-refractivity contribution in [2.45, 2.75) is 17.9 Å². The third-order valence-electron chi connectivity index (χ3n) is 5.97. The molecule has 0 unspecified atom stereocenters. The maximum absolute atomic E-state index is 13.1. The summed E-state index contributed by atoms with van der Waals surface area (Å²) in [7, 11) is -1.45. The van der Waals surface area contributed by atoms with Crippen molar-refractivity contribution >= 4 is 22.4 Å². The van der Waals surface area contributed by atoms with Crippen LogP contribution >= 0.6 is 12.4 Å². The molecule has 148 valence electrons. The molecule has 0 spiro atoms. The third-order valence-corrected chi connectivity index (χ3v) is 7.80. The van der Waals surface area contributed by atoms with Crippen LogP contribution in [0.15, 0.2) is 53.4 Å². The highest BCUT2D eigenvalue weighted by molar-refractivity contribution is 7.89. The first-order chi connectivity index (χ1) is 12.9. The van der Waals surface area contributed by atoms with Crippen molar-refractivity contribution in [3.05, 3.63) is 65.2 Å². The minimum absolute atomic E-state index is 0. The van der Waals surface area contributed by atoms with E-state index in [0.29, 0.717) is 24.6 Å². The van der Waals surface area contributed by atoms with Gasteiger partial charge >= 0.3 is 0 Å². The van der Waals surface area contributed by atoms with Gasteiger partial charge < -0.3 is 0 Å². The Labute approximate surface area is 173 Å². The Morgan fingerprint density at radius 3 is 2.54 bits per heavy atom. The van der Waals surface area contributed by atoms with Gasteiger partial charge in [0.15, 0.2) is 0 Å². The molecule has 2 aromatic carbocycles. The number of halogens is 1. The quantitative estimate of drug-likeness (QED) is 0.769. The summed E-state index contributed by atoms with van der Waals surface area (Å²) >= 11 is 0. The van der Waals surface area contributed by atoms with E-state index in [1.54, 1.807) is 22.5 Å². The van der Waals surface area contributed by atoms with Gasteiger partial charge in [0.2, 0.25) is 10.0 Å². The highest BCUT2D eigenvalue weighted by Gasteiger charge is 2.49. The molecule has 2 saturated heterocycles. The van der Waals surface area contributed by atoms with Gasteiger partial charge in [-0.1, -0.05) is 30.3 Å². The molecule has 2 aliphatic heterocycles. The van der Waals surface area contributed by atoms with E-state index in [9.17, 15) is 8.42 Å². The maximum Gasteiger partial charge on any atom is 0.243 e. The van der Waals surface area contributed by atoms with Crippen molar-refractivity contribution in [2.24, 2.45) is 11.8 Å². The van der Waals surface area contributed by atoms with Gasteiger partial charge in [0.05, 0.1) is 16.5 Å². The summed E-state index contributed by atoms with van der Waals surface area (Å²) in [5, 5.41) is 9.08. The average molecular weight is 418 g/mol. The van der Waals surface area contributed by atoms with Gasteiger partial charge in [-0.15, -0.1) is 12.4 Å². The van der Waals surface area contributed by atoms with Gasteiger partial charge in [-0.3, -0.25) is 4.90 Å². The summed E-state index contributed by atoms with van der Waals surface area (Å²) in [6, 6.07) is 16.9. The molecule has 2 heterocycles. The molecule has 3 atom stereocenters. The van der Waals surface area contributed by atoms with E-state index >= 15 is 0 Å². The number of likely N-dealkylation sites (tertiary alicyclic amines) is 1. The van der Waals surface area contributed by atoms with Crippen molar-refractivity contribution < 1.29 is 8.42 Å². The zero-order valence-corrected chi connectivity index (χ0v) is 17.6. The Morgan fingerprint density at radius 1 is 1.07 bits per heavy atom. The molecule has 0 N–H and O–H groups in total. The van der Waals surface area contributed by atoms with Crippen molar-refractivity contribution in [1.82, 2.24) is 9.21 Å². The topological polar surface area (TPSA) is 64.4 Å². The monoisotopic (exact) mass is 417 g/mol. The number of nitrogens with zero attached hydrogens (tertiary/aromatic N) is 3. The smallest absolute Gasteiger partial charge is 0.243 e. The first-order valence-corrected chi connectivity index (χ1v) is 10.6. The summed E-state index contributed by atoms with van der Waals surface area (Å²) in [6.45, 7) is 4.07. The molecule has 7 heteroatoms. The Hall–Kier alpha value is -1.91. The van der Waals surface area contributed by atoms with Gasteiger partial charge in [-0.05, 0) is 55.1 Å². The first kappa shape index (κ1) is 20.8. The molecular weight excluding hydrogens is 394 g/mol. The molecule has 0 bridgehead atoms. The molecule has 28 heavy (non-hydrogen) atoms. The number of rotatable bonds is 3. The number of nitriles is 1. The van der Waals surface area contributed by atoms with Crippen LogP contribution < -0.4 is 0 Å². The molecular formula is C21H24ClN3O2S. The lowest BCUT2D eigenvalue weighted by Crippen LogP contribution is -2.33. The number of benzene rings is 2. The van der Waals surface area contributed by atoms with E-state index in [2.05, 4.69) is 37.1 Å². The second-order valence-corrected chi connectivity index (χ2v) is 9.56. The molecule has 0 saturated carbocycles. The fourth-order valence-electron chi connectivity index (χ4n) is 4.67. The van der Waals surface area contributed by atoms with E-state index in [4.69, 9.17) is 5.26 Å². The largest absolute Gasteiger partial charge is 0.299 e. The number of hydrogen-bond acceptors (Lipinski definition) is 4. The van der Waals surface area contributed by atoms with E-state index in [1.165, 1.54) is 17.2 Å². The molecule has 5 nitrogen and oxygen atoms in total. The highest BCUT2D eigenvalue weighted by atomic mass is 35.5. The standard InChI is InChI=1S/C21H23N3O2S.ClH/c1-15-6-3-4-9-19(15)21-20-14-24(13-17(20)12-23(21)2)27(25,26)18-8-5-7-16(10-18)11-22;/h3-10,17,20-21H,12-14H2,1-2H3;1H/t17-,20+,21+;/m0./s1. The van der Waals surface area contributed by atoms with Crippen molar-refractivity contribution in [2.75, 3.05) is 26.7 Å². The summed E-state index contributed by atoms with van der Waals surface area (Å²) in [4.78, 5) is 2.57. The van der Waals surface area contributed by atoms with Gasteiger partial charge in [0.1, 0.15) is 0 Å². The van der Waals surface area contributed by atoms with Gasteiger partial charge in [0.25, 0.3) is 0 Å². The number of hydrogen-bond donors (Lipinski definition) is 0. The first-order valence-electron chi connectivity index (χ1n) is 9.18. The highest BCUT2D eigenvalue weighted by Crippen LogP contribution is 2.45. The zero-order chi connectivity index (χ0) is 19.2. The Balaban J connectivity index is 0.00000225. The fourth-order valence-corrected chi connectivity index (χ4v) is 6.26. The summed E-state index contributed by atoms with van der Waals surface area (Å²) in [5.74, 6) is 0.610. The Morgan fingerprint density at radius 2 is 1.82 bits per heavy atom. The van der Waals surface area contributed by atoms with Gasteiger partial charge in [-0.2, -0.15) is 9.57 Å². The second kappa shape index (κ2) is 7.84. The Bertz CT molecular complexity index is 1020. The predicted molar refractivity (Wildman–Crippen MR) is 111 cm³/mol. The van der Waals surface area contributed by atoms with Crippen LogP contribution in [0.5, 0.6) is 0 Å². The van der Waals surface area contributed by atoms with Crippen LogP contribution in [0.3, 0.4) is 0 Å². The SMILES string of the molecule is Cc1ccccc1[C@@H]1[C@@H]2CN(S(=O)(=O)c3cccc(C#N)c3)C[C@@H]2CN1C.Cl. The summed E-state index contributed by atoms with van der Waals surface area (Å²) in [6.07, 6.45) is 0. The zero-order valence-electron chi connectivity index (χ0n) is 15.9. The van der Waals surface area contributed by atoms with Crippen molar-refractivity contribution in [3.8, 4) is 6.07 Å². The van der Waals surface area contributed by atoms with E-state index in [-0.39, 0.29) is 29.3 Å². The minimum Gasteiger partial charge on any atom is -0.299 e.